The van der Waals surface area contributed by atoms with E-state index in [0.717, 1.165) is 0 Å². The van der Waals surface area contributed by atoms with Gasteiger partial charge in [-0.3, -0.25) is 4.79 Å². The van der Waals surface area contributed by atoms with E-state index in [9.17, 15) is 4.79 Å². The van der Waals surface area contributed by atoms with E-state index in [1.54, 1.807) is 30.3 Å². The van der Waals surface area contributed by atoms with Gasteiger partial charge in [-0.25, -0.2) is 0 Å². The van der Waals surface area contributed by atoms with E-state index in [-0.39, 0.29) is 5.78 Å². The number of benzene rings is 2. The minimum Gasteiger partial charge on any atom is -0.486 e. The Labute approximate surface area is 164 Å². The molecule has 0 fully saturated rings. The van der Waals surface area contributed by atoms with Crippen molar-refractivity contribution in [3.05, 3.63) is 94.4 Å². The molecule has 0 bridgehead atoms. The monoisotopic (exact) mass is 380 g/mol. The molecule has 0 aliphatic rings. The van der Waals surface area contributed by atoms with Crippen molar-refractivity contribution in [2.24, 2.45) is 0 Å². The second-order valence-corrected chi connectivity index (χ2v) is 6.96. The topological polar surface area (TPSA) is 39.4 Å². The van der Waals surface area contributed by atoms with Crippen LogP contribution in [0.4, 0.5) is 0 Å². The quantitative estimate of drug-likeness (QED) is 0.345. The summed E-state index contributed by atoms with van der Waals surface area (Å²) in [5, 5.41) is 0.663. The lowest BCUT2D eigenvalue weighted by Gasteiger charge is -2.05. The molecule has 4 heteroatoms. The van der Waals surface area contributed by atoms with Gasteiger partial charge in [0, 0.05) is 10.6 Å². The number of carbonyl (C=O) groups is 1. The van der Waals surface area contributed by atoms with Crippen molar-refractivity contribution in [1.29, 1.82) is 0 Å². The van der Waals surface area contributed by atoms with Crippen molar-refractivity contribution in [3.8, 4) is 5.75 Å². The minimum atomic E-state index is -0.0549. The molecule has 0 unspecified atom stereocenters. The molecule has 0 aliphatic heterocycles. The van der Waals surface area contributed by atoms with Gasteiger partial charge < -0.3 is 9.15 Å². The fourth-order valence-electron chi connectivity index (χ4n) is 2.53. The Hall–Kier alpha value is -2.78. The number of ketones is 1. The summed E-state index contributed by atoms with van der Waals surface area (Å²) in [6.07, 6.45) is 3.19. The normalized spacial score (nSPS) is 11.3. The first-order valence-electron chi connectivity index (χ1n) is 8.81. The molecule has 3 nitrogen and oxygen atoms in total. The van der Waals surface area contributed by atoms with E-state index < -0.39 is 0 Å². The number of hydrogen-bond donors (Lipinski definition) is 0. The molecule has 2 aromatic carbocycles. The first-order chi connectivity index (χ1) is 13.0. The van der Waals surface area contributed by atoms with Gasteiger partial charge in [0.25, 0.3) is 0 Å². The lowest BCUT2D eigenvalue weighted by molar-refractivity contribution is 0.104. The summed E-state index contributed by atoms with van der Waals surface area (Å²) in [5.41, 5.74) is 1.88. The highest BCUT2D eigenvalue weighted by Crippen LogP contribution is 2.19. The number of rotatable bonds is 7. The maximum atomic E-state index is 12.3. The van der Waals surface area contributed by atoms with E-state index in [1.807, 2.05) is 36.4 Å². The van der Waals surface area contributed by atoms with Crippen molar-refractivity contribution in [1.82, 2.24) is 0 Å². The van der Waals surface area contributed by atoms with E-state index in [1.165, 1.54) is 11.6 Å². The summed E-state index contributed by atoms with van der Waals surface area (Å²) in [6.45, 7) is 4.56. The van der Waals surface area contributed by atoms with Crippen LogP contribution in [0.25, 0.3) is 6.08 Å². The van der Waals surface area contributed by atoms with Gasteiger partial charge in [-0.2, -0.15) is 0 Å². The Balaban J connectivity index is 1.57. The molecule has 0 spiro atoms. The van der Waals surface area contributed by atoms with Crippen molar-refractivity contribution >= 4 is 23.5 Å². The number of ether oxygens (including phenoxy) is 1. The van der Waals surface area contributed by atoms with Crippen LogP contribution >= 0.6 is 11.6 Å². The van der Waals surface area contributed by atoms with Crippen LogP contribution in [0.1, 0.15) is 47.2 Å². The van der Waals surface area contributed by atoms with Crippen molar-refractivity contribution in [2.75, 3.05) is 0 Å². The highest BCUT2D eigenvalue weighted by atomic mass is 35.5. The molecule has 1 heterocycles. The highest BCUT2D eigenvalue weighted by Gasteiger charge is 2.05. The van der Waals surface area contributed by atoms with Crippen molar-refractivity contribution in [2.45, 2.75) is 26.4 Å². The molecule has 0 N–H and O–H groups in total. The van der Waals surface area contributed by atoms with Gasteiger partial charge in [0.1, 0.15) is 23.9 Å². The predicted octanol–water partition coefficient (Wildman–Crippen LogP) is 6.53. The number of carbonyl (C=O) groups excluding carboxylic acids is 1. The maximum Gasteiger partial charge on any atom is 0.185 e. The summed E-state index contributed by atoms with van der Waals surface area (Å²) < 4.78 is 11.3. The Morgan fingerprint density at radius 1 is 1.04 bits per heavy atom. The van der Waals surface area contributed by atoms with Crippen LogP contribution in [0.15, 0.2) is 71.2 Å². The first-order valence-corrected chi connectivity index (χ1v) is 9.18. The second kappa shape index (κ2) is 8.74. The van der Waals surface area contributed by atoms with Crippen molar-refractivity contribution in [3.63, 3.8) is 0 Å². The van der Waals surface area contributed by atoms with Gasteiger partial charge in [0.15, 0.2) is 5.78 Å². The maximum absolute atomic E-state index is 12.3. The molecule has 1 aromatic heterocycles. The molecule has 3 aromatic rings. The fraction of sp³-hybridized carbons (Fsp3) is 0.174. The van der Waals surface area contributed by atoms with Crippen molar-refractivity contribution < 1.29 is 13.9 Å². The summed E-state index contributed by atoms with van der Waals surface area (Å²) in [7, 11) is 0. The van der Waals surface area contributed by atoms with Crippen LogP contribution in [0, 0.1) is 0 Å². The Morgan fingerprint density at radius 2 is 1.74 bits per heavy atom. The molecule has 0 saturated heterocycles. The van der Waals surface area contributed by atoms with Gasteiger partial charge in [0.2, 0.25) is 0 Å². The smallest absolute Gasteiger partial charge is 0.185 e. The SMILES string of the molecule is CC(C)c1ccc(C(=O)/C=C/c2ccc(COc3ccc(Cl)cc3)o2)cc1. The zero-order valence-electron chi connectivity index (χ0n) is 15.3. The summed E-state index contributed by atoms with van der Waals surface area (Å²) >= 11 is 5.85. The summed E-state index contributed by atoms with van der Waals surface area (Å²) in [6, 6.07) is 18.5. The van der Waals surface area contributed by atoms with Crippen LogP contribution < -0.4 is 4.74 Å². The van der Waals surface area contributed by atoms with Crippen LogP contribution in [0.2, 0.25) is 5.02 Å². The average molecular weight is 381 g/mol. The zero-order valence-corrected chi connectivity index (χ0v) is 16.1. The molecule has 138 valence electrons. The van der Waals surface area contributed by atoms with Gasteiger partial charge >= 0.3 is 0 Å². The second-order valence-electron chi connectivity index (χ2n) is 6.52. The number of furan rings is 1. The van der Waals surface area contributed by atoms with Crippen LogP contribution in [-0.4, -0.2) is 5.78 Å². The Bertz CT molecular complexity index is 919. The number of halogens is 1. The Morgan fingerprint density at radius 3 is 2.41 bits per heavy atom. The highest BCUT2D eigenvalue weighted by molar-refractivity contribution is 6.30. The largest absolute Gasteiger partial charge is 0.486 e. The lowest BCUT2D eigenvalue weighted by Crippen LogP contribution is -1.95. The van der Waals surface area contributed by atoms with E-state index in [0.29, 0.717) is 40.4 Å². The fourth-order valence-corrected chi connectivity index (χ4v) is 2.66. The summed E-state index contributed by atoms with van der Waals surface area (Å²) in [5.74, 6) is 2.39. The van der Waals surface area contributed by atoms with Gasteiger partial charge in [0.05, 0.1) is 0 Å². The molecule has 3 rings (SSSR count). The molecule has 0 aliphatic carbocycles. The third-order valence-electron chi connectivity index (χ3n) is 4.14. The molecule has 0 radical (unpaired) electrons. The van der Waals surface area contributed by atoms with E-state index in [4.69, 9.17) is 20.8 Å². The standard InChI is InChI=1S/C23H21ClO3/c1-16(2)17-3-5-18(6-4-17)23(25)14-13-21-11-12-22(27-21)15-26-20-9-7-19(24)8-10-20/h3-14,16H,15H2,1-2H3/b14-13+. The molecule has 0 saturated carbocycles. The van der Waals surface area contributed by atoms with E-state index in [2.05, 4.69) is 13.8 Å². The molecule has 0 amide bonds. The average Bonchev–Trinajstić information content (AvgIpc) is 3.13. The first kappa shape index (κ1) is 19.0. The Kier molecular flexibility index (Phi) is 6.15. The zero-order chi connectivity index (χ0) is 19.2. The van der Waals surface area contributed by atoms with Crippen LogP contribution in [0.5, 0.6) is 5.75 Å². The summed E-state index contributed by atoms with van der Waals surface area (Å²) in [4.78, 5) is 12.3. The number of hydrogen-bond acceptors (Lipinski definition) is 3. The molecule has 27 heavy (non-hydrogen) atoms. The molecular formula is C23H21ClO3. The number of allylic oxidation sites excluding steroid dienone is 1. The molecular weight excluding hydrogens is 360 g/mol. The van der Waals surface area contributed by atoms with Gasteiger partial charge in [-0.15, -0.1) is 0 Å². The van der Waals surface area contributed by atoms with Crippen LogP contribution in [0.3, 0.4) is 0 Å². The predicted molar refractivity (Wildman–Crippen MR) is 108 cm³/mol. The van der Waals surface area contributed by atoms with Gasteiger partial charge in [-0.05, 0) is 60.0 Å². The lowest BCUT2D eigenvalue weighted by atomic mass is 10.0. The van der Waals surface area contributed by atoms with Gasteiger partial charge in [-0.1, -0.05) is 49.7 Å². The van der Waals surface area contributed by atoms with Crippen LogP contribution in [-0.2, 0) is 6.61 Å². The van der Waals surface area contributed by atoms with E-state index >= 15 is 0 Å². The third kappa shape index (κ3) is 5.35. The minimum absolute atomic E-state index is 0.0549. The molecule has 0 atom stereocenters. The third-order valence-corrected chi connectivity index (χ3v) is 4.39.